The van der Waals surface area contributed by atoms with Crippen molar-refractivity contribution in [1.82, 2.24) is 4.57 Å². The van der Waals surface area contributed by atoms with Crippen molar-refractivity contribution in [2.75, 3.05) is 0 Å². The number of fused-ring (bicyclic) bond motifs is 4. The molecule has 0 atom stereocenters. The first-order valence-corrected chi connectivity index (χ1v) is 20.5. The first-order valence-electron chi connectivity index (χ1n) is 13.2. The SMILES string of the molecule is Cc1cc(C)c(C)c(-c2cc(-n3c4ccccc4c4c[c]([Ge]([CH3])([CH3])[CH3])ccc43)c3ccccc3[n+]2C)c1. The molecule has 0 amide bonds. The molecular formula is C34H35GeN2+. The summed E-state index contributed by atoms with van der Waals surface area (Å²) in [6, 6.07) is 32.0. The average molecular weight is 544 g/mol. The van der Waals surface area contributed by atoms with E-state index in [2.05, 4.69) is 139 Å². The Balaban J connectivity index is 1.77. The molecule has 0 fully saturated rings. The minimum absolute atomic E-state index is 1.23. The fraction of sp³-hybridized carbons (Fsp3) is 0.206. The maximum absolute atomic E-state index is 2.49. The first-order chi connectivity index (χ1) is 17.6. The molecule has 0 saturated carbocycles. The van der Waals surface area contributed by atoms with E-state index in [1.54, 1.807) is 4.40 Å². The number of aromatic nitrogens is 2. The number of hydrogen-bond donors (Lipinski definition) is 0. The molecule has 184 valence electrons. The summed E-state index contributed by atoms with van der Waals surface area (Å²) in [6.07, 6.45) is 0. The molecule has 0 aliphatic heterocycles. The summed E-state index contributed by atoms with van der Waals surface area (Å²) < 4.78 is 6.40. The Kier molecular flexibility index (Phi) is 5.58. The number of benzene rings is 4. The number of aryl methyl sites for hydroxylation is 3. The van der Waals surface area contributed by atoms with Crippen LogP contribution < -0.4 is 8.96 Å². The van der Waals surface area contributed by atoms with Crippen molar-refractivity contribution in [3.63, 3.8) is 0 Å². The molecule has 2 aromatic heterocycles. The molecule has 0 unspecified atom stereocenters. The predicted octanol–water partition coefficient (Wildman–Crippen LogP) is 7.90. The van der Waals surface area contributed by atoms with Gasteiger partial charge in [0.05, 0.1) is 0 Å². The van der Waals surface area contributed by atoms with Gasteiger partial charge in [0.1, 0.15) is 0 Å². The summed E-state index contributed by atoms with van der Waals surface area (Å²) in [7, 11) is 2.20. The van der Waals surface area contributed by atoms with Crippen LogP contribution in [0.3, 0.4) is 0 Å². The Morgan fingerprint density at radius 2 is 1.35 bits per heavy atom. The average Bonchev–Trinajstić information content (AvgIpc) is 3.20. The number of rotatable bonds is 3. The van der Waals surface area contributed by atoms with Crippen molar-refractivity contribution in [3.05, 3.63) is 102 Å². The van der Waals surface area contributed by atoms with Gasteiger partial charge < -0.3 is 0 Å². The Morgan fingerprint density at radius 1 is 0.676 bits per heavy atom. The van der Waals surface area contributed by atoms with Gasteiger partial charge >= 0.3 is 223 Å². The number of hydrogen-bond acceptors (Lipinski definition) is 0. The van der Waals surface area contributed by atoms with Crippen LogP contribution in [0.15, 0.2) is 84.9 Å². The predicted molar refractivity (Wildman–Crippen MR) is 162 cm³/mol. The summed E-state index contributed by atoms with van der Waals surface area (Å²) in [6.45, 7) is 6.67. The zero-order valence-electron chi connectivity index (χ0n) is 23.0. The van der Waals surface area contributed by atoms with E-state index in [0.29, 0.717) is 0 Å². The molecule has 0 spiro atoms. The quantitative estimate of drug-likeness (QED) is 0.158. The molecule has 2 nitrogen and oxygen atoms in total. The monoisotopic (exact) mass is 545 g/mol. The third-order valence-electron chi connectivity index (χ3n) is 8.04. The van der Waals surface area contributed by atoms with Crippen LogP contribution in [0.5, 0.6) is 0 Å². The van der Waals surface area contributed by atoms with Crippen LogP contribution in [0.1, 0.15) is 16.7 Å². The second kappa shape index (κ2) is 8.60. The van der Waals surface area contributed by atoms with Crippen LogP contribution in [0.25, 0.3) is 49.7 Å². The summed E-state index contributed by atoms with van der Waals surface area (Å²) in [5.74, 6) is 7.43. The Hall–Kier alpha value is -3.37. The van der Waals surface area contributed by atoms with E-state index >= 15 is 0 Å². The Bertz CT molecular complexity index is 1850. The first kappa shape index (κ1) is 24.0. The van der Waals surface area contributed by atoms with Gasteiger partial charge in [0.25, 0.3) is 0 Å². The maximum atomic E-state index is 2.49. The van der Waals surface area contributed by atoms with Crippen molar-refractivity contribution in [2.24, 2.45) is 7.05 Å². The molecule has 3 heteroatoms. The van der Waals surface area contributed by atoms with Gasteiger partial charge in [0.2, 0.25) is 0 Å². The van der Waals surface area contributed by atoms with Gasteiger partial charge in [-0.1, -0.05) is 0 Å². The number of para-hydroxylation sites is 2. The van der Waals surface area contributed by atoms with Gasteiger partial charge in [-0.05, 0) is 0 Å². The van der Waals surface area contributed by atoms with Crippen LogP contribution in [0.4, 0.5) is 0 Å². The summed E-state index contributed by atoms with van der Waals surface area (Å²) in [4.78, 5) is 0. The molecule has 0 radical (unpaired) electrons. The standard InChI is InChI=1S/C34H35GeN2/c1-22-18-23(2)24(3)28(19-22)33-21-34(27-13-9-10-14-30(27)36(33)7)37-31-15-11-8-12-26(31)29-20-25(35(4,5)6)16-17-32(29)37/h8-21H,1-7H3/q+1. The Morgan fingerprint density at radius 3 is 2.11 bits per heavy atom. The van der Waals surface area contributed by atoms with Gasteiger partial charge in [-0.2, -0.15) is 0 Å². The van der Waals surface area contributed by atoms with E-state index < -0.39 is 13.3 Å². The fourth-order valence-electron chi connectivity index (χ4n) is 5.86. The molecule has 0 aliphatic carbocycles. The van der Waals surface area contributed by atoms with Gasteiger partial charge in [0, 0.05) is 0 Å². The summed E-state index contributed by atoms with van der Waals surface area (Å²) in [5, 5.41) is 3.94. The third kappa shape index (κ3) is 3.81. The molecule has 0 bridgehead atoms. The van der Waals surface area contributed by atoms with Crippen molar-refractivity contribution >= 4 is 50.4 Å². The number of pyridine rings is 1. The zero-order chi connectivity index (χ0) is 26.1. The van der Waals surface area contributed by atoms with E-state index in [9.17, 15) is 0 Å². The van der Waals surface area contributed by atoms with E-state index in [1.165, 1.54) is 66.3 Å². The zero-order valence-corrected chi connectivity index (χ0v) is 25.1. The van der Waals surface area contributed by atoms with Crippen molar-refractivity contribution in [1.29, 1.82) is 0 Å². The molecule has 0 aliphatic rings. The molecule has 6 rings (SSSR count). The van der Waals surface area contributed by atoms with Crippen LogP contribution in [0, 0.1) is 20.8 Å². The second-order valence-electron chi connectivity index (χ2n) is 11.6. The molecule has 37 heavy (non-hydrogen) atoms. The van der Waals surface area contributed by atoms with E-state index in [-0.39, 0.29) is 0 Å². The Labute approximate surface area is 222 Å². The van der Waals surface area contributed by atoms with Crippen LogP contribution in [-0.4, -0.2) is 17.8 Å². The minimum atomic E-state index is -1.98. The molecule has 0 saturated heterocycles. The van der Waals surface area contributed by atoms with E-state index in [0.717, 1.165) is 0 Å². The van der Waals surface area contributed by atoms with Gasteiger partial charge in [0.15, 0.2) is 0 Å². The normalized spacial score (nSPS) is 12.2. The van der Waals surface area contributed by atoms with Gasteiger partial charge in [-0.3, -0.25) is 0 Å². The van der Waals surface area contributed by atoms with E-state index in [4.69, 9.17) is 0 Å². The van der Waals surface area contributed by atoms with Crippen molar-refractivity contribution in [3.8, 4) is 16.9 Å². The molecule has 4 aromatic carbocycles. The summed E-state index contributed by atoms with van der Waals surface area (Å²) >= 11 is -1.98. The molecule has 2 heterocycles. The molecular weight excluding hydrogens is 509 g/mol. The van der Waals surface area contributed by atoms with Gasteiger partial charge in [-0.25, -0.2) is 0 Å². The number of nitrogens with zero attached hydrogens (tertiary/aromatic N) is 2. The third-order valence-corrected chi connectivity index (χ3v) is 12.3. The van der Waals surface area contributed by atoms with Crippen molar-refractivity contribution < 1.29 is 4.57 Å². The topological polar surface area (TPSA) is 8.81 Å². The summed E-state index contributed by atoms with van der Waals surface area (Å²) in [5.41, 5.74) is 11.5. The fourth-order valence-corrected chi connectivity index (χ4v) is 8.30. The van der Waals surface area contributed by atoms with Crippen LogP contribution in [-0.2, 0) is 7.05 Å². The molecule has 6 aromatic rings. The van der Waals surface area contributed by atoms with Crippen LogP contribution >= 0.6 is 0 Å². The van der Waals surface area contributed by atoms with Gasteiger partial charge in [-0.15, -0.1) is 0 Å². The molecule has 0 N–H and O–H groups in total. The van der Waals surface area contributed by atoms with Crippen molar-refractivity contribution in [2.45, 2.75) is 38.0 Å². The van der Waals surface area contributed by atoms with E-state index in [1.807, 2.05) is 0 Å². The second-order valence-corrected chi connectivity index (χ2v) is 22.2. The van der Waals surface area contributed by atoms with Crippen LogP contribution in [0.2, 0.25) is 17.3 Å².